The molecule has 4 aliphatic carbocycles. The smallest absolute Gasteiger partial charge is 0.263 e. The highest BCUT2D eigenvalue weighted by atomic mass is 16.2. The summed E-state index contributed by atoms with van der Waals surface area (Å²) in [5.41, 5.74) is 5.71. The first kappa shape index (κ1) is 17.4. The Labute approximate surface area is 159 Å². The number of rotatable bonds is 3. The Morgan fingerprint density at radius 3 is 2.26 bits per heavy atom. The second-order valence-electron chi connectivity index (χ2n) is 9.64. The van der Waals surface area contributed by atoms with E-state index in [1.165, 1.54) is 19.3 Å². The monoisotopic (exact) mass is 370 g/mol. The highest BCUT2D eigenvalue weighted by Gasteiger charge is 2.53. The first-order valence-electron chi connectivity index (χ1n) is 10.7. The SMILES string of the molecule is NCC1CCN(C(=O)c2cnc(C34CC5CC(CC(C5)C3)C4)[nH]c2=O)CC1. The van der Waals surface area contributed by atoms with Crippen LogP contribution in [0.2, 0.25) is 0 Å². The molecular formula is C21H30N4O2. The third-order valence-electron chi connectivity index (χ3n) is 7.81. The summed E-state index contributed by atoms with van der Waals surface area (Å²) in [4.78, 5) is 35.1. The normalized spacial score (nSPS) is 35.6. The predicted octanol–water partition coefficient (Wildman–Crippen LogP) is 2.05. The zero-order chi connectivity index (χ0) is 18.6. The molecule has 0 aromatic carbocycles. The molecule has 3 N–H and O–H groups in total. The summed E-state index contributed by atoms with van der Waals surface area (Å²) in [6, 6.07) is 0. The van der Waals surface area contributed by atoms with Crippen molar-refractivity contribution in [3.63, 3.8) is 0 Å². The molecule has 1 amide bonds. The fourth-order valence-electron chi connectivity index (χ4n) is 6.76. The van der Waals surface area contributed by atoms with Crippen molar-refractivity contribution in [3.8, 4) is 0 Å². The van der Waals surface area contributed by atoms with E-state index in [-0.39, 0.29) is 22.4 Å². The second kappa shape index (κ2) is 6.43. The molecule has 4 bridgehead atoms. The summed E-state index contributed by atoms with van der Waals surface area (Å²) in [5, 5.41) is 0. The fraction of sp³-hybridized carbons (Fsp3) is 0.762. The van der Waals surface area contributed by atoms with Crippen molar-refractivity contribution in [3.05, 3.63) is 27.9 Å². The van der Waals surface area contributed by atoms with Crippen molar-refractivity contribution in [2.75, 3.05) is 19.6 Å². The van der Waals surface area contributed by atoms with Gasteiger partial charge in [0.05, 0.1) is 0 Å². The van der Waals surface area contributed by atoms with Crippen molar-refractivity contribution in [1.82, 2.24) is 14.9 Å². The van der Waals surface area contributed by atoms with Crippen molar-refractivity contribution in [1.29, 1.82) is 0 Å². The minimum absolute atomic E-state index is 0.0506. The van der Waals surface area contributed by atoms with Gasteiger partial charge >= 0.3 is 0 Å². The van der Waals surface area contributed by atoms with Gasteiger partial charge in [0.25, 0.3) is 11.5 Å². The van der Waals surface area contributed by atoms with E-state index in [1.807, 2.05) is 0 Å². The number of likely N-dealkylation sites (tertiary alicyclic amines) is 1. The third-order valence-corrected chi connectivity index (χ3v) is 7.81. The molecule has 0 radical (unpaired) electrons. The van der Waals surface area contributed by atoms with Gasteiger partial charge in [0.2, 0.25) is 0 Å². The number of nitrogens with two attached hydrogens (primary N) is 1. The lowest BCUT2D eigenvalue weighted by Crippen LogP contribution is -2.50. The maximum Gasteiger partial charge on any atom is 0.263 e. The topological polar surface area (TPSA) is 92.1 Å². The molecule has 6 nitrogen and oxygen atoms in total. The van der Waals surface area contributed by atoms with Crippen molar-refractivity contribution in [2.24, 2.45) is 29.4 Å². The average Bonchev–Trinajstić information content (AvgIpc) is 2.66. The van der Waals surface area contributed by atoms with Crippen molar-refractivity contribution >= 4 is 5.91 Å². The number of hydrogen-bond acceptors (Lipinski definition) is 4. The number of piperidine rings is 1. The summed E-state index contributed by atoms with van der Waals surface area (Å²) >= 11 is 0. The van der Waals surface area contributed by atoms with Gasteiger partial charge in [-0.15, -0.1) is 0 Å². The lowest BCUT2D eigenvalue weighted by Gasteiger charge is -2.56. The van der Waals surface area contributed by atoms with Crippen molar-refractivity contribution < 1.29 is 4.79 Å². The highest BCUT2D eigenvalue weighted by molar-refractivity contribution is 5.93. The van der Waals surface area contributed by atoms with E-state index in [1.54, 1.807) is 11.1 Å². The summed E-state index contributed by atoms with van der Waals surface area (Å²) in [6.07, 6.45) is 10.9. The molecule has 6 heteroatoms. The Morgan fingerprint density at radius 1 is 1.15 bits per heavy atom. The van der Waals surface area contributed by atoms with Gasteiger partial charge in [-0.05, 0) is 81.6 Å². The molecule has 1 aromatic heterocycles. The van der Waals surface area contributed by atoms with Crippen LogP contribution in [0, 0.1) is 23.7 Å². The number of hydrogen-bond donors (Lipinski definition) is 2. The molecule has 0 unspecified atom stereocenters. The minimum atomic E-state index is -0.262. The van der Waals surface area contributed by atoms with E-state index < -0.39 is 0 Å². The van der Waals surface area contributed by atoms with Gasteiger partial charge in [-0.25, -0.2) is 4.98 Å². The van der Waals surface area contributed by atoms with Crippen LogP contribution in [0.5, 0.6) is 0 Å². The van der Waals surface area contributed by atoms with Gasteiger partial charge in [-0.2, -0.15) is 0 Å². The number of nitrogens with one attached hydrogen (secondary N) is 1. The Balaban J connectivity index is 1.37. The molecule has 1 saturated heterocycles. The fourth-order valence-corrected chi connectivity index (χ4v) is 6.76. The molecule has 2 heterocycles. The van der Waals surface area contributed by atoms with Crippen LogP contribution in [-0.4, -0.2) is 40.4 Å². The third kappa shape index (κ3) is 2.93. The molecule has 6 rings (SSSR count). The molecule has 0 spiro atoms. The summed E-state index contributed by atoms with van der Waals surface area (Å²) in [7, 11) is 0. The molecule has 1 aliphatic heterocycles. The van der Waals surface area contributed by atoms with E-state index in [0.717, 1.165) is 55.7 Å². The van der Waals surface area contributed by atoms with Crippen LogP contribution in [0.15, 0.2) is 11.0 Å². The highest BCUT2D eigenvalue weighted by Crippen LogP contribution is 2.59. The van der Waals surface area contributed by atoms with Gasteiger partial charge < -0.3 is 15.6 Å². The number of H-pyrrole nitrogens is 1. The molecule has 27 heavy (non-hydrogen) atoms. The Morgan fingerprint density at radius 2 is 1.74 bits per heavy atom. The van der Waals surface area contributed by atoms with Crippen LogP contribution in [0.25, 0.3) is 0 Å². The minimum Gasteiger partial charge on any atom is -0.338 e. The second-order valence-corrected chi connectivity index (χ2v) is 9.64. The zero-order valence-corrected chi connectivity index (χ0v) is 16.0. The van der Waals surface area contributed by atoms with Crippen LogP contribution in [0.3, 0.4) is 0 Å². The van der Waals surface area contributed by atoms with Gasteiger partial charge in [-0.3, -0.25) is 9.59 Å². The molecule has 146 valence electrons. The molecule has 5 fully saturated rings. The molecular weight excluding hydrogens is 340 g/mol. The molecule has 5 aliphatic rings. The van der Waals surface area contributed by atoms with Crippen LogP contribution in [0.1, 0.15) is 67.5 Å². The molecule has 4 saturated carbocycles. The van der Waals surface area contributed by atoms with E-state index in [2.05, 4.69) is 9.97 Å². The van der Waals surface area contributed by atoms with Crippen LogP contribution in [0.4, 0.5) is 0 Å². The quantitative estimate of drug-likeness (QED) is 0.852. The predicted molar refractivity (Wildman–Crippen MR) is 102 cm³/mol. The summed E-state index contributed by atoms with van der Waals surface area (Å²) in [5.74, 6) is 3.54. The lowest BCUT2D eigenvalue weighted by molar-refractivity contribution is -0.00955. The summed E-state index contributed by atoms with van der Waals surface area (Å²) < 4.78 is 0. The largest absolute Gasteiger partial charge is 0.338 e. The number of carbonyl (C=O) groups excluding carboxylic acids is 1. The lowest BCUT2D eigenvalue weighted by atomic mass is 9.49. The first-order valence-corrected chi connectivity index (χ1v) is 10.7. The van der Waals surface area contributed by atoms with E-state index in [4.69, 9.17) is 5.73 Å². The molecule has 1 aromatic rings. The van der Waals surface area contributed by atoms with Gasteiger partial charge in [0, 0.05) is 24.7 Å². The number of amides is 1. The van der Waals surface area contributed by atoms with Crippen LogP contribution in [-0.2, 0) is 5.41 Å². The van der Waals surface area contributed by atoms with E-state index in [9.17, 15) is 9.59 Å². The number of carbonyl (C=O) groups is 1. The number of aromatic amines is 1. The van der Waals surface area contributed by atoms with Crippen LogP contribution >= 0.6 is 0 Å². The van der Waals surface area contributed by atoms with Crippen LogP contribution < -0.4 is 11.3 Å². The van der Waals surface area contributed by atoms with E-state index >= 15 is 0 Å². The Hall–Kier alpha value is -1.69. The van der Waals surface area contributed by atoms with Gasteiger partial charge in [-0.1, -0.05) is 0 Å². The first-order chi connectivity index (χ1) is 13.1. The summed E-state index contributed by atoms with van der Waals surface area (Å²) in [6.45, 7) is 2.03. The average molecular weight is 370 g/mol. The van der Waals surface area contributed by atoms with Gasteiger partial charge in [0.1, 0.15) is 11.4 Å². The van der Waals surface area contributed by atoms with E-state index in [0.29, 0.717) is 25.6 Å². The van der Waals surface area contributed by atoms with Crippen molar-refractivity contribution in [2.45, 2.75) is 56.8 Å². The standard InChI is InChI=1S/C21H30N4O2/c22-11-13-1-3-25(4-2-13)19(27)17-12-23-20(24-18(17)26)21-8-14-5-15(9-21)7-16(6-14)10-21/h12-16H,1-11,22H2,(H,23,24,26). The zero-order valence-electron chi connectivity index (χ0n) is 16.0. The van der Waals surface area contributed by atoms with Gasteiger partial charge in [0.15, 0.2) is 0 Å². The Bertz CT molecular complexity index is 758. The number of aromatic nitrogens is 2. The number of nitrogens with zero attached hydrogens (tertiary/aromatic N) is 2. The Kier molecular flexibility index (Phi) is 4.15. The molecule has 0 atom stereocenters. The maximum atomic E-state index is 12.8. The maximum absolute atomic E-state index is 12.8.